The van der Waals surface area contributed by atoms with E-state index in [2.05, 4.69) is 20.0 Å². The van der Waals surface area contributed by atoms with Gasteiger partial charge in [-0.3, -0.25) is 23.2 Å². The number of nitrogen functional groups attached to an aromatic ring is 1. The van der Waals surface area contributed by atoms with E-state index >= 15 is 0 Å². The first-order valence-electron chi connectivity index (χ1n) is 12.6. The van der Waals surface area contributed by atoms with E-state index in [9.17, 15) is 19.3 Å². The number of imidazole rings is 1. The van der Waals surface area contributed by atoms with Gasteiger partial charge in [0.2, 0.25) is 0 Å². The Morgan fingerprint density at radius 1 is 1.27 bits per heavy atom. The molecule has 230 valence electrons. The van der Waals surface area contributed by atoms with Gasteiger partial charge in [-0.1, -0.05) is 55.7 Å². The molecule has 5 atom stereocenters. The molecule has 0 aromatic carbocycles. The molecule has 0 aliphatic carbocycles. The number of rotatable bonds is 12. The van der Waals surface area contributed by atoms with Crippen LogP contribution in [0.2, 0.25) is 0 Å². The molecule has 0 spiro atoms. The summed E-state index contributed by atoms with van der Waals surface area (Å²) in [4.78, 5) is 36.8. The van der Waals surface area contributed by atoms with Crippen molar-refractivity contribution >= 4 is 70.8 Å². The van der Waals surface area contributed by atoms with E-state index in [0.717, 1.165) is 11.8 Å². The Bertz CT molecular complexity index is 1290. The zero-order chi connectivity index (χ0) is 30.8. The third-order valence-electron chi connectivity index (χ3n) is 5.68. The van der Waals surface area contributed by atoms with Gasteiger partial charge in [-0.15, -0.1) is 0 Å². The molecule has 4 N–H and O–H groups in total. The molecule has 1 aliphatic rings. The van der Waals surface area contributed by atoms with E-state index in [0.29, 0.717) is 0 Å². The van der Waals surface area contributed by atoms with Crippen molar-refractivity contribution in [3.63, 3.8) is 0 Å². The van der Waals surface area contributed by atoms with Crippen molar-refractivity contribution in [1.29, 1.82) is 0 Å². The zero-order valence-corrected chi connectivity index (χ0v) is 26.7. The molecule has 0 bridgehead atoms. The number of nitrogens with zero attached hydrogens (tertiary/aromatic N) is 4. The lowest BCUT2D eigenvalue weighted by atomic mass is 10.00. The third kappa shape index (κ3) is 8.30. The number of nitrogens with one attached hydrogen (secondary N) is 1. The van der Waals surface area contributed by atoms with Crippen LogP contribution in [0.1, 0.15) is 47.8 Å². The highest BCUT2D eigenvalue weighted by Crippen LogP contribution is 2.50. The Morgan fingerprint density at radius 2 is 1.95 bits per heavy atom. The maximum Gasteiger partial charge on any atom is 0.406 e. The fourth-order valence-corrected chi connectivity index (χ4v) is 6.54. The first kappa shape index (κ1) is 33.9. The minimum atomic E-state index is -4.23. The number of ether oxygens (including phenoxy) is 2. The highest BCUT2D eigenvalue weighted by molar-refractivity contribution is 8.13. The zero-order valence-electron chi connectivity index (χ0n) is 23.4. The summed E-state index contributed by atoms with van der Waals surface area (Å²) in [7, 11) is -4.23. The largest absolute Gasteiger partial charge is 0.462 e. The van der Waals surface area contributed by atoms with Crippen molar-refractivity contribution < 1.29 is 37.8 Å². The van der Waals surface area contributed by atoms with Crippen molar-refractivity contribution in [3.8, 4) is 0 Å². The lowest BCUT2D eigenvalue weighted by Gasteiger charge is -2.25. The number of alkyl halides is 2. The number of thioether (sulfide) groups is 1. The Balaban J connectivity index is 1.74. The number of aliphatic hydroxyl groups excluding tert-OH is 1. The van der Waals surface area contributed by atoms with Crippen LogP contribution in [0.5, 0.6) is 0 Å². The summed E-state index contributed by atoms with van der Waals surface area (Å²) < 4.78 is 35.4. The highest BCUT2D eigenvalue weighted by atomic mass is 35.5. The maximum atomic E-state index is 13.7. The molecule has 41 heavy (non-hydrogen) atoms. The van der Waals surface area contributed by atoms with Gasteiger partial charge in [-0.05, 0) is 20.8 Å². The van der Waals surface area contributed by atoms with E-state index in [1.54, 1.807) is 34.6 Å². The number of carbonyl (C=O) groups is 2. The molecule has 2 aromatic rings. The number of hydrogen-bond acceptors (Lipinski definition) is 13. The van der Waals surface area contributed by atoms with E-state index < -0.39 is 60.7 Å². The second-order valence-electron chi connectivity index (χ2n) is 10.6. The minimum Gasteiger partial charge on any atom is -0.462 e. The van der Waals surface area contributed by atoms with Gasteiger partial charge in [-0.25, -0.2) is 24.6 Å². The highest BCUT2D eigenvalue weighted by Gasteiger charge is 2.56. The first-order valence-corrected chi connectivity index (χ1v) is 15.9. The van der Waals surface area contributed by atoms with Crippen molar-refractivity contribution in [2.45, 2.75) is 76.5 Å². The van der Waals surface area contributed by atoms with Crippen molar-refractivity contribution in [1.82, 2.24) is 24.6 Å². The van der Waals surface area contributed by atoms with Crippen molar-refractivity contribution in [2.75, 3.05) is 24.7 Å². The van der Waals surface area contributed by atoms with Crippen LogP contribution in [-0.2, 0) is 32.7 Å². The second-order valence-corrected chi connectivity index (χ2v) is 14.9. The summed E-state index contributed by atoms with van der Waals surface area (Å²) in [6.07, 6.45) is -1.76. The average molecular weight is 658 g/mol. The molecule has 1 fully saturated rings. The lowest BCUT2D eigenvalue weighted by molar-refractivity contribution is -0.149. The van der Waals surface area contributed by atoms with Crippen LogP contribution < -0.4 is 10.8 Å². The number of anilines is 1. The predicted octanol–water partition coefficient (Wildman–Crippen LogP) is 3.22. The summed E-state index contributed by atoms with van der Waals surface area (Å²) in [6, 6.07) is -1.09. The molecule has 1 aliphatic heterocycles. The minimum absolute atomic E-state index is 0.0770. The number of nitrogens with two attached hydrogens (primary N) is 1. The standard InChI is InChI=1S/C23H35Cl2N6O8PS/c1-12(2)38-19(33)13(3)30-40(35,36-7-8-41-21(34)22(4,5)6)37-9-14-16(32)23(24,25)20(39-14)31-11-29-15-17(26)27-10-28-18(15)31/h10-14,16,20,32H,7-9H2,1-6H3,(H,30,35)(H2,26,27,28)/t13?,14-,16-,20-,40?/m1/s1. The fourth-order valence-electron chi connectivity index (χ4n) is 3.56. The molecule has 3 heterocycles. The summed E-state index contributed by atoms with van der Waals surface area (Å²) in [5.74, 6) is -0.388. The number of halogens is 2. The van der Waals surface area contributed by atoms with Gasteiger partial charge >= 0.3 is 13.7 Å². The van der Waals surface area contributed by atoms with Crippen LogP contribution in [0, 0.1) is 5.41 Å². The van der Waals surface area contributed by atoms with E-state index in [-0.39, 0.29) is 34.5 Å². The first-order chi connectivity index (χ1) is 19.0. The van der Waals surface area contributed by atoms with Gasteiger partial charge in [0.15, 0.2) is 27.1 Å². The quantitative estimate of drug-likeness (QED) is 0.131. The molecule has 0 saturated carbocycles. The Morgan fingerprint density at radius 3 is 2.59 bits per heavy atom. The Hall–Kier alpha value is -1.55. The van der Waals surface area contributed by atoms with Crippen LogP contribution >= 0.6 is 42.7 Å². The molecule has 14 nitrogen and oxygen atoms in total. The van der Waals surface area contributed by atoms with Crippen LogP contribution in [0.3, 0.4) is 0 Å². The molecule has 1 saturated heterocycles. The summed E-state index contributed by atoms with van der Waals surface area (Å²) in [5, 5.41) is 13.4. The van der Waals surface area contributed by atoms with Gasteiger partial charge in [-0.2, -0.15) is 0 Å². The normalized spacial score (nSPS) is 23.0. The predicted molar refractivity (Wildman–Crippen MR) is 154 cm³/mol. The van der Waals surface area contributed by atoms with Gasteiger partial charge in [0, 0.05) is 11.2 Å². The maximum absolute atomic E-state index is 13.7. The monoisotopic (exact) mass is 656 g/mol. The van der Waals surface area contributed by atoms with E-state index in [1.807, 2.05) is 0 Å². The summed E-state index contributed by atoms with van der Waals surface area (Å²) in [5.41, 5.74) is 5.82. The number of aromatic nitrogens is 4. The number of fused-ring (bicyclic) bond motifs is 1. The molecule has 0 radical (unpaired) electrons. The van der Waals surface area contributed by atoms with Gasteiger partial charge in [0.1, 0.15) is 30.1 Å². The Kier molecular flexibility index (Phi) is 11.1. The molecular formula is C23H35Cl2N6O8PS. The summed E-state index contributed by atoms with van der Waals surface area (Å²) in [6.45, 7) is 9.45. The average Bonchev–Trinajstić information content (AvgIpc) is 3.38. The van der Waals surface area contributed by atoms with Gasteiger partial charge in [0.05, 0.1) is 25.6 Å². The number of aliphatic hydroxyl groups is 1. The molecule has 18 heteroatoms. The van der Waals surface area contributed by atoms with Crippen LogP contribution in [0.4, 0.5) is 5.82 Å². The molecule has 2 aromatic heterocycles. The molecule has 3 rings (SSSR count). The Labute approximate surface area is 251 Å². The molecule has 2 unspecified atom stereocenters. The van der Waals surface area contributed by atoms with Crippen LogP contribution in [0.15, 0.2) is 12.7 Å². The van der Waals surface area contributed by atoms with Gasteiger partial charge < -0.3 is 20.3 Å². The number of esters is 1. The van der Waals surface area contributed by atoms with Crippen molar-refractivity contribution in [2.24, 2.45) is 5.41 Å². The summed E-state index contributed by atoms with van der Waals surface area (Å²) >= 11 is 14.0. The number of hydrogen-bond donors (Lipinski definition) is 3. The molecular weight excluding hydrogens is 622 g/mol. The topological polar surface area (TPSA) is 190 Å². The lowest BCUT2D eigenvalue weighted by Crippen LogP contribution is -2.39. The fraction of sp³-hybridized carbons (Fsp3) is 0.696. The molecule has 0 amide bonds. The second kappa shape index (κ2) is 13.4. The van der Waals surface area contributed by atoms with Gasteiger partial charge in [0.25, 0.3) is 0 Å². The van der Waals surface area contributed by atoms with E-state index in [1.165, 1.54) is 24.1 Å². The smallest absolute Gasteiger partial charge is 0.406 e. The van der Waals surface area contributed by atoms with Crippen LogP contribution in [0.25, 0.3) is 11.2 Å². The number of carbonyl (C=O) groups excluding carboxylic acids is 2. The van der Waals surface area contributed by atoms with E-state index in [4.69, 9.17) is 47.5 Å². The van der Waals surface area contributed by atoms with Crippen LogP contribution in [-0.4, -0.2) is 83.4 Å². The SMILES string of the molecule is CC(C)OC(=O)C(C)NP(=O)(OCCSC(=O)C(C)(C)C)OC[C@H]1O[C@@H](n2cnc3c(N)ncnc32)C(Cl)(Cl)[C@@H]1O. The third-order valence-corrected chi connectivity index (χ3v) is 9.46. The van der Waals surface area contributed by atoms with Crippen molar-refractivity contribution in [3.05, 3.63) is 12.7 Å².